The number of ether oxygens (including phenoxy) is 2. The molecule has 7 nitrogen and oxygen atoms in total. The maximum Gasteiger partial charge on any atom is 0.346 e. The molecule has 1 unspecified atom stereocenters. The smallest absolute Gasteiger partial charge is 0.346 e. The van der Waals surface area contributed by atoms with Crippen molar-refractivity contribution in [3.05, 3.63) is 56.9 Å². The Hall–Kier alpha value is -3.19. The van der Waals surface area contributed by atoms with Gasteiger partial charge in [-0.05, 0) is 43.2 Å². The lowest BCUT2D eigenvalue weighted by molar-refractivity contribution is -0.154. The molecule has 0 radical (unpaired) electrons. The number of fused-ring (bicyclic) bond motifs is 6. The maximum atomic E-state index is 13.3. The second-order valence-electron chi connectivity index (χ2n) is 7.86. The van der Waals surface area contributed by atoms with Crippen molar-refractivity contribution in [2.24, 2.45) is 0 Å². The molecule has 29 heavy (non-hydrogen) atoms. The number of phenolic OH excluding ortho intramolecular Hbond substituents is 1. The fourth-order valence-electron chi connectivity index (χ4n) is 4.91. The summed E-state index contributed by atoms with van der Waals surface area (Å²) in [6, 6.07) is 7.00. The van der Waals surface area contributed by atoms with Gasteiger partial charge < -0.3 is 19.1 Å². The third-order valence-electron chi connectivity index (χ3n) is 6.43. The summed E-state index contributed by atoms with van der Waals surface area (Å²) >= 11 is 0. The highest BCUT2D eigenvalue weighted by Gasteiger charge is 2.65. The minimum atomic E-state index is -1.17. The van der Waals surface area contributed by atoms with Crippen molar-refractivity contribution in [3.63, 3.8) is 0 Å². The van der Waals surface area contributed by atoms with Gasteiger partial charge in [0.2, 0.25) is 5.60 Å². The Labute approximate surface area is 165 Å². The van der Waals surface area contributed by atoms with Crippen LogP contribution < -0.4 is 5.56 Å². The largest absolute Gasteiger partial charge is 0.508 e. The zero-order valence-electron chi connectivity index (χ0n) is 16.0. The van der Waals surface area contributed by atoms with Crippen molar-refractivity contribution in [1.29, 1.82) is 0 Å². The number of hydrogen-bond donors (Lipinski definition) is 1. The van der Waals surface area contributed by atoms with Crippen LogP contribution in [-0.2, 0) is 39.4 Å². The molecule has 2 aromatic heterocycles. The second kappa shape index (κ2) is 5.24. The van der Waals surface area contributed by atoms with Crippen LogP contribution in [0.15, 0.2) is 29.1 Å². The molecule has 1 aromatic carbocycles. The summed E-state index contributed by atoms with van der Waals surface area (Å²) in [5.74, 6) is -0.245. The van der Waals surface area contributed by atoms with Crippen LogP contribution in [-0.4, -0.2) is 26.7 Å². The average molecular weight is 390 g/mol. The Morgan fingerprint density at radius 1 is 1.28 bits per heavy atom. The quantitative estimate of drug-likeness (QED) is 0.396. The van der Waals surface area contributed by atoms with Gasteiger partial charge in [0.05, 0.1) is 29.0 Å². The first-order valence-corrected chi connectivity index (χ1v) is 9.72. The molecule has 0 bridgehead atoms. The zero-order valence-corrected chi connectivity index (χ0v) is 16.0. The highest BCUT2D eigenvalue weighted by molar-refractivity contribution is 5.90. The first-order valence-electron chi connectivity index (χ1n) is 9.72. The number of epoxide rings is 1. The van der Waals surface area contributed by atoms with Gasteiger partial charge in [-0.1, -0.05) is 6.92 Å². The van der Waals surface area contributed by atoms with Gasteiger partial charge in [-0.3, -0.25) is 4.79 Å². The fraction of sp³-hybridized carbons (Fsp3) is 0.318. The molecule has 146 valence electrons. The molecule has 5 heterocycles. The van der Waals surface area contributed by atoms with E-state index in [1.165, 1.54) is 0 Å². The predicted octanol–water partition coefficient (Wildman–Crippen LogP) is 2.36. The molecule has 2 atom stereocenters. The number of phenols is 1. The fourth-order valence-corrected chi connectivity index (χ4v) is 4.91. The van der Waals surface area contributed by atoms with Gasteiger partial charge in [0.25, 0.3) is 5.56 Å². The number of carbonyl (C=O) groups excluding carboxylic acids is 1. The molecular weight excluding hydrogens is 372 g/mol. The molecule has 0 aliphatic carbocycles. The van der Waals surface area contributed by atoms with Crippen molar-refractivity contribution in [3.8, 4) is 17.1 Å². The number of esters is 1. The van der Waals surface area contributed by atoms with E-state index in [1.807, 2.05) is 13.0 Å². The number of pyridine rings is 2. The number of nitrogens with zero attached hydrogens (tertiary/aromatic N) is 2. The molecule has 7 heteroatoms. The van der Waals surface area contributed by atoms with Crippen LogP contribution >= 0.6 is 0 Å². The average Bonchev–Trinajstić information content (AvgIpc) is 3.23. The SMILES string of the molecule is CCc1c2c(nc3ccc(O)cc13)-c1cc3c(c(=O)n1C2)COC(=O)[C@@]31OC1C. The number of hydrogen-bond acceptors (Lipinski definition) is 6. The molecule has 1 spiro atoms. The number of rotatable bonds is 1. The van der Waals surface area contributed by atoms with Crippen LogP contribution in [0.1, 0.15) is 36.1 Å². The number of aryl methyl sites for hydroxylation is 1. The van der Waals surface area contributed by atoms with Crippen molar-refractivity contribution < 1.29 is 19.4 Å². The minimum Gasteiger partial charge on any atom is -0.508 e. The topological polar surface area (TPSA) is 94.0 Å². The van der Waals surface area contributed by atoms with Crippen LogP contribution in [0.2, 0.25) is 0 Å². The van der Waals surface area contributed by atoms with Gasteiger partial charge in [0.1, 0.15) is 18.5 Å². The summed E-state index contributed by atoms with van der Waals surface area (Å²) in [4.78, 5) is 30.5. The molecule has 3 aliphatic rings. The third kappa shape index (κ3) is 1.93. The first kappa shape index (κ1) is 16.7. The summed E-state index contributed by atoms with van der Waals surface area (Å²) in [6.07, 6.45) is 0.426. The van der Waals surface area contributed by atoms with E-state index in [2.05, 4.69) is 6.92 Å². The monoisotopic (exact) mass is 390 g/mol. The zero-order chi connectivity index (χ0) is 20.1. The summed E-state index contributed by atoms with van der Waals surface area (Å²) in [6.45, 7) is 4.24. The Kier molecular flexibility index (Phi) is 3.02. The standard InChI is InChI=1S/C22H18N2O5/c1-3-12-13-6-11(25)4-5-17(13)23-19-14(12)8-24-18(19)7-16-15(20(24)26)9-28-21(27)22(16)10(2)29-22/h4-7,10,25H,3,8-9H2,1-2H3/t10?,22-/m0/s1. The maximum absolute atomic E-state index is 13.3. The van der Waals surface area contributed by atoms with Crippen LogP contribution in [0.3, 0.4) is 0 Å². The van der Waals surface area contributed by atoms with Crippen LogP contribution in [0, 0.1) is 0 Å². The second-order valence-corrected chi connectivity index (χ2v) is 7.86. The summed E-state index contributed by atoms with van der Waals surface area (Å²) < 4.78 is 12.6. The molecule has 1 saturated heterocycles. The molecule has 3 aromatic rings. The van der Waals surface area contributed by atoms with E-state index in [9.17, 15) is 14.7 Å². The lowest BCUT2D eigenvalue weighted by Gasteiger charge is -2.23. The van der Waals surface area contributed by atoms with Crippen LogP contribution in [0.5, 0.6) is 5.75 Å². The molecule has 1 N–H and O–H groups in total. The van der Waals surface area contributed by atoms with E-state index in [-0.39, 0.29) is 24.0 Å². The number of cyclic esters (lactones) is 1. The Morgan fingerprint density at radius 3 is 2.79 bits per heavy atom. The molecule has 6 rings (SSSR count). The lowest BCUT2D eigenvalue weighted by atomic mass is 9.89. The van der Waals surface area contributed by atoms with Crippen molar-refractivity contribution in [2.75, 3.05) is 0 Å². The van der Waals surface area contributed by atoms with E-state index in [1.54, 1.807) is 22.8 Å². The number of benzene rings is 1. The first-order chi connectivity index (χ1) is 14.0. The van der Waals surface area contributed by atoms with E-state index in [0.29, 0.717) is 23.4 Å². The van der Waals surface area contributed by atoms with Crippen LogP contribution in [0.4, 0.5) is 0 Å². The molecule has 0 amide bonds. The van der Waals surface area contributed by atoms with Gasteiger partial charge in [0, 0.05) is 16.5 Å². The Balaban J connectivity index is 1.66. The Morgan fingerprint density at radius 2 is 2.07 bits per heavy atom. The summed E-state index contributed by atoms with van der Waals surface area (Å²) in [5.41, 5.74) is 4.02. The summed E-state index contributed by atoms with van der Waals surface area (Å²) in [5, 5.41) is 10.8. The van der Waals surface area contributed by atoms with E-state index in [0.717, 1.165) is 34.1 Å². The molecule has 3 aliphatic heterocycles. The van der Waals surface area contributed by atoms with E-state index < -0.39 is 11.6 Å². The molecule has 1 fully saturated rings. The number of carbonyl (C=O) groups is 1. The van der Waals surface area contributed by atoms with Gasteiger partial charge in [-0.25, -0.2) is 9.78 Å². The van der Waals surface area contributed by atoms with Gasteiger partial charge in [-0.2, -0.15) is 0 Å². The van der Waals surface area contributed by atoms with Crippen molar-refractivity contribution >= 4 is 16.9 Å². The normalized spacial score (nSPS) is 23.7. The third-order valence-corrected chi connectivity index (χ3v) is 6.43. The summed E-state index contributed by atoms with van der Waals surface area (Å²) in [7, 11) is 0. The van der Waals surface area contributed by atoms with E-state index in [4.69, 9.17) is 14.5 Å². The van der Waals surface area contributed by atoms with Gasteiger partial charge >= 0.3 is 5.97 Å². The highest BCUT2D eigenvalue weighted by atomic mass is 16.7. The van der Waals surface area contributed by atoms with E-state index >= 15 is 0 Å². The van der Waals surface area contributed by atoms with Gasteiger partial charge in [0.15, 0.2) is 0 Å². The Bertz CT molecular complexity index is 1330. The van der Waals surface area contributed by atoms with Crippen molar-refractivity contribution in [1.82, 2.24) is 9.55 Å². The van der Waals surface area contributed by atoms with Crippen molar-refractivity contribution in [2.45, 2.75) is 45.1 Å². The molecular formula is C22H18N2O5. The minimum absolute atomic E-state index is 0.0363. The highest BCUT2D eigenvalue weighted by Crippen LogP contribution is 2.51. The number of aromatic hydroxyl groups is 1. The lowest BCUT2D eigenvalue weighted by Crippen LogP contribution is -2.38. The molecule has 0 saturated carbocycles. The number of aromatic nitrogens is 2. The van der Waals surface area contributed by atoms with Crippen LogP contribution in [0.25, 0.3) is 22.3 Å². The van der Waals surface area contributed by atoms with Gasteiger partial charge in [-0.15, -0.1) is 0 Å². The predicted molar refractivity (Wildman–Crippen MR) is 104 cm³/mol.